The van der Waals surface area contributed by atoms with Crippen LogP contribution in [0.2, 0.25) is 0 Å². The van der Waals surface area contributed by atoms with Crippen molar-refractivity contribution < 1.29 is 19.4 Å². The van der Waals surface area contributed by atoms with Crippen molar-refractivity contribution in [3.8, 4) is 0 Å². The number of carbonyl (C=O) groups excluding carboxylic acids is 1. The molecule has 1 N–H and O–H groups in total. The predicted octanol–water partition coefficient (Wildman–Crippen LogP) is 1.92. The normalized spacial score (nSPS) is 14.3. The highest BCUT2D eigenvalue weighted by molar-refractivity contribution is 8.01. The minimum atomic E-state index is -0.898. The van der Waals surface area contributed by atoms with Gasteiger partial charge in [-0.1, -0.05) is 13.3 Å². The highest BCUT2D eigenvalue weighted by Gasteiger charge is 2.25. The van der Waals surface area contributed by atoms with Crippen LogP contribution in [0.3, 0.4) is 0 Å². The molecule has 0 bridgehead atoms. The van der Waals surface area contributed by atoms with Crippen LogP contribution in [-0.2, 0) is 14.3 Å². The molecule has 0 aromatic rings. The molecule has 0 amide bonds. The van der Waals surface area contributed by atoms with Crippen LogP contribution in [0, 0.1) is 0 Å². The molecule has 0 saturated heterocycles. The smallest absolute Gasteiger partial charge is 0.319 e. The van der Waals surface area contributed by atoms with E-state index in [1.54, 1.807) is 13.8 Å². The molecule has 0 aliphatic heterocycles. The number of carboxylic acid groups (broad SMARTS) is 1. The summed E-state index contributed by atoms with van der Waals surface area (Å²) in [5, 5.41) is 7.80. The monoisotopic (exact) mass is 234 g/mol. The van der Waals surface area contributed by atoms with E-state index in [0.29, 0.717) is 13.0 Å². The Kier molecular flexibility index (Phi) is 7.21. The van der Waals surface area contributed by atoms with E-state index < -0.39 is 11.2 Å². The molecule has 15 heavy (non-hydrogen) atoms. The molecule has 4 nitrogen and oxygen atoms in total. The molecule has 0 radical (unpaired) electrons. The molecule has 88 valence electrons. The lowest BCUT2D eigenvalue weighted by molar-refractivity contribution is -0.142. The maximum atomic E-state index is 11.5. The topological polar surface area (TPSA) is 63.6 Å². The van der Waals surface area contributed by atoms with E-state index in [-0.39, 0.29) is 11.2 Å². The zero-order chi connectivity index (χ0) is 11.8. The third-order valence-electron chi connectivity index (χ3n) is 1.82. The number of thioether (sulfide) groups is 1. The largest absolute Gasteiger partial charge is 0.480 e. The zero-order valence-electron chi connectivity index (χ0n) is 9.36. The predicted molar refractivity (Wildman–Crippen MR) is 60.0 cm³/mol. The summed E-state index contributed by atoms with van der Waals surface area (Å²) in [5.74, 6) is -1.21. The van der Waals surface area contributed by atoms with Crippen LogP contribution >= 0.6 is 11.8 Å². The van der Waals surface area contributed by atoms with Gasteiger partial charge in [-0.3, -0.25) is 9.59 Å². The molecule has 0 aliphatic rings. The first-order chi connectivity index (χ1) is 7.02. The third kappa shape index (κ3) is 5.67. The molecule has 0 rings (SSSR count). The van der Waals surface area contributed by atoms with E-state index in [1.807, 2.05) is 6.92 Å². The molecule has 2 atom stereocenters. The van der Waals surface area contributed by atoms with Crippen molar-refractivity contribution in [2.45, 2.75) is 44.1 Å². The fourth-order valence-electron chi connectivity index (χ4n) is 1.04. The van der Waals surface area contributed by atoms with Gasteiger partial charge < -0.3 is 9.84 Å². The molecular weight excluding hydrogens is 216 g/mol. The molecule has 0 fully saturated rings. The Morgan fingerprint density at radius 2 is 2.00 bits per heavy atom. The summed E-state index contributed by atoms with van der Waals surface area (Å²) in [4.78, 5) is 22.1. The highest BCUT2D eigenvalue weighted by Crippen LogP contribution is 2.23. The van der Waals surface area contributed by atoms with Gasteiger partial charge in [0.1, 0.15) is 10.5 Å². The third-order valence-corrected chi connectivity index (χ3v) is 3.18. The quantitative estimate of drug-likeness (QED) is 0.682. The van der Waals surface area contributed by atoms with Gasteiger partial charge in [0.25, 0.3) is 0 Å². The molecule has 0 spiro atoms. The SMILES string of the molecule is CCCC(SC(C)C(=O)O)C(=O)OCC. The lowest BCUT2D eigenvalue weighted by Crippen LogP contribution is -2.25. The number of aliphatic carboxylic acids is 1. The second kappa shape index (κ2) is 7.56. The lowest BCUT2D eigenvalue weighted by atomic mass is 10.2. The molecule has 2 unspecified atom stereocenters. The van der Waals surface area contributed by atoms with Crippen LogP contribution in [0.15, 0.2) is 0 Å². The van der Waals surface area contributed by atoms with Crippen LogP contribution in [0.25, 0.3) is 0 Å². The highest BCUT2D eigenvalue weighted by atomic mass is 32.2. The number of rotatable bonds is 7. The first-order valence-corrected chi connectivity index (χ1v) is 6.02. The van der Waals surface area contributed by atoms with Gasteiger partial charge in [-0.05, 0) is 20.3 Å². The lowest BCUT2D eigenvalue weighted by Gasteiger charge is -2.16. The van der Waals surface area contributed by atoms with Crippen LogP contribution in [0.4, 0.5) is 0 Å². The van der Waals surface area contributed by atoms with Crippen molar-refractivity contribution >= 4 is 23.7 Å². The van der Waals surface area contributed by atoms with Gasteiger partial charge in [-0.2, -0.15) is 0 Å². The number of hydrogen-bond donors (Lipinski definition) is 1. The number of esters is 1. The van der Waals surface area contributed by atoms with E-state index in [1.165, 1.54) is 0 Å². The van der Waals surface area contributed by atoms with Crippen molar-refractivity contribution in [3.63, 3.8) is 0 Å². The first kappa shape index (κ1) is 14.3. The second-order valence-electron chi connectivity index (χ2n) is 3.15. The molecule has 0 aliphatic carbocycles. The van der Waals surface area contributed by atoms with Crippen LogP contribution in [0.1, 0.15) is 33.6 Å². The van der Waals surface area contributed by atoms with E-state index in [0.717, 1.165) is 18.2 Å². The van der Waals surface area contributed by atoms with E-state index in [2.05, 4.69) is 0 Å². The molecular formula is C10H18O4S. The van der Waals surface area contributed by atoms with Crippen LogP contribution in [0.5, 0.6) is 0 Å². The fourth-order valence-corrected chi connectivity index (χ4v) is 2.20. The Morgan fingerprint density at radius 1 is 1.40 bits per heavy atom. The molecule has 0 saturated carbocycles. The number of hydrogen-bond acceptors (Lipinski definition) is 4. The maximum Gasteiger partial charge on any atom is 0.319 e. The van der Waals surface area contributed by atoms with Gasteiger partial charge in [0.05, 0.1) is 6.61 Å². The number of carboxylic acids is 1. The van der Waals surface area contributed by atoms with Crippen molar-refractivity contribution in [1.29, 1.82) is 0 Å². The van der Waals surface area contributed by atoms with Gasteiger partial charge in [-0.15, -0.1) is 11.8 Å². The van der Waals surface area contributed by atoms with Gasteiger partial charge in [0.15, 0.2) is 0 Å². The molecule has 0 aromatic carbocycles. The Morgan fingerprint density at radius 3 is 2.40 bits per heavy atom. The minimum Gasteiger partial charge on any atom is -0.480 e. The Balaban J connectivity index is 4.25. The van der Waals surface area contributed by atoms with Crippen molar-refractivity contribution in [3.05, 3.63) is 0 Å². The van der Waals surface area contributed by atoms with Crippen LogP contribution < -0.4 is 0 Å². The number of carbonyl (C=O) groups is 2. The summed E-state index contributed by atoms with van der Waals surface area (Å²) >= 11 is 1.15. The van der Waals surface area contributed by atoms with Gasteiger partial charge in [-0.25, -0.2) is 0 Å². The van der Waals surface area contributed by atoms with E-state index >= 15 is 0 Å². The summed E-state index contributed by atoms with van der Waals surface area (Å²) in [6.07, 6.45) is 1.49. The van der Waals surface area contributed by atoms with Crippen molar-refractivity contribution in [1.82, 2.24) is 0 Å². The molecule has 0 heterocycles. The summed E-state index contributed by atoms with van der Waals surface area (Å²) in [6.45, 7) is 5.61. The van der Waals surface area contributed by atoms with Gasteiger partial charge in [0.2, 0.25) is 0 Å². The Bertz CT molecular complexity index is 217. The Hall–Kier alpha value is -0.710. The summed E-state index contributed by atoms with van der Waals surface area (Å²) < 4.78 is 4.88. The molecule has 5 heteroatoms. The summed E-state index contributed by atoms with van der Waals surface area (Å²) in [5.41, 5.74) is 0. The average Bonchev–Trinajstić information content (AvgIpc) is 2.17. The molecule has 0 aromatic heterocycles. The van der Waals surface area contributed by atoms with E-state index in [4.69, 9.17) is 9.84 Å². The summed E-state index contributed by atoms with van der Waals surface area (Å²) in [7, 11) is 0. The van der Waals surface area contributed by atoms with Gasteiger partial charge in [0, 0.05) is 0 Å². The minimum absolute atomic E-state index is 0.308. The van der Waals surface area contributed by atoms with E-state index in [9.17, 15) is 9.59 Å². The average molecular weight is 234 g/mol. The first-order valence-electron chi connectivity index (χ1n) is 5.07. The summed E-state index contributed by atoms with van der Waals surface area (Å²) in [6, 6.07) is 0. The maximum absolute atomic E-state index is 11.5. The van der Waals surface area contributed by atoms with Crippen molar-refractivity contribution in [2.24, 2.45) is 0 Å². The fraction of sp³-hybridized carbons (Fsp3) is 0.800. The second-order valence-corrected chi connectivity index (χ2v) is 4.69. The Labute approximate surface area is 94.4 Å². The van der Waals surface area contributed by atoms with Crippen molar-refractivity contribution in [2.75, 3.05) is 6.61 Å². The van der Waals surface area contributed by atoms with Crippen LogP contribution in [-0.4, -0.2) is 34.2 Å². The van der Waals surface area contributed by atoms with Gasteiger partial charge >= 0.3 is 11.9 Å². The number of ether oxygens (including phenoxy) is 1. The standard InChI is InChI=1S/C10H18O4S/c1-4-6-8(10(13)14-5-2)15-7(3)9(11)12/h7-8H,4-6H2,1-3H3,(H,11,12). The zero-order valence-corrected chi connectivity index (χ0v) is 10.2.